The molecule has 0 unspecified atom stereocenters. The molecule has 1 aliphatic rings. The summed E-state index contributed by atoms with van der Waals surface area (Å²) in [5, 5.41) is 8.85. The molecular formula is C19H27N3O4S. The zero-order valence-electron chi connectivity index (χ0n) is 16.3. The van der Waals surface area contributed by atoms with E-state index in [0.29, 0.717) is 28.5 Å². The number of thioether (sulfide) groups is 1. The highest BCUT2D eigenvalue weighted by Crippen LogP contribution is 2.33. The van der Waals surface area contributed by atoms with Crippen molar-refractivity contribution in [3.63, 3.8) is 0 Å². The van der Waals surface area contributed by atoms with Crippen molar-refractivity contribution in [3.8, 4) is 23.0 Å². The summed E-state index contributed by atoms with van der Waals surface area (Å²) >= 11 is 1.53. The maximum Gasteiger partial charge on any atom is 0.276 e. The number of benzene rings is 1. The van der Waals surface area contributed by atoms with Crippen molar-refractivity contribution in [2.75, 3.05) is 46.2 Å². The lowest BCUT2D eigenvalue weighted by atomic mass is 10.2. The molecule has 2 heterocycles. The summed E-state index contributed by atoms with van der Waals surface area (Å²) in [7, 11) is 3.22. The molecule has 1 fully saturated rings. The van der Waals surface area contributed by atoms with Crippen LogP contribution in [0.3, 0.4) is 0 Å². The van der Waals surface area contributed by atoms with E-state index < -0.39 is 0 Å². The molecule has 0 spiro atoms. The third kappa shape index (κ3) is 5.37. The van der Waals surface area contributed by atoms with Crippen LogP contribution >= 0.6 is 11.8 Å². The second-order valence-corrected chi connectivity index (χ2v) is 7.87. The first-order valence-corrected chi connectivity index (χ1v) is 10.1. The molecule has 1 aromatic heterocycles. The molecule has 1 saturated heterocycles. The molecule has 8 heteroatoms. The molecule has 0 N–H and O–H groups in total. The third-order valence-electron chi connectivity index (χ3n) is 4.28. The van der Waals surface area contributed by atoms with Gasteiger partial charge in [-0.25, -0.2) is 0 Å². The van der Waals surface area contributed by atoms with E-state index in [0.717, 1.165) is 37.6 Å². The van der Waals surface area contributed by atoms with E-state index in [2.05, 4.69) is 28.9 Å². The Balaban J connectivity index is 1.60. The number of ether oxygens (including phenoxy) is 3. The fourth-order valence-electron chi connectivity index (χ4n) is 3.08. The van der Waals surface area contributed by atoms with E-state index in [1.165, 1.54) is 11.8 Å². The zero-order valence-corrected chi connectivity index (χ0v) is 17.1. The minimum Gasteiger partial charge on any atom is -0.497 e. The van der Waals surface area contributed by atoms with Crippen molar-refractivity contribution in [2.45, 2.75) is 25.2 Å². The van der Waals surface area contributed by atoms with Gasteiger partial charge in [-0.05, 0) is 18.1 Å². The average molecular weight is 394 g/mol. The van der Waals surface area contributed by atoms with Crippen LogP contribution in [-0.2, 0) is 4.74 Å². The van der Waals surface area contributed by atoms with Crippen LogP contribution in [-0.4, -0.2) is 67.4 Å². The Kier molecular flexibility index (Phi) is 6.98. The first kappa shape index (κ1) is 20.0. The van der Waals surface area contributed by atoms with Crippen molar-refractivity contribution in [2.24, 2.45) is 5.92 Å². The molecule has 3 rings (SSSR count). The van der Waals surface area contributed by atoms with Gasteiger partial charge in [0.25, 0.3) is 11.1 Å². The van der Waals surface area contributed by atoms with Crippen molar-refractivity contribution in [1.82, 2.24) is 15.1 Å². The smallest absolute Gasteiger partial charge is 0.276 e. The van der Waals surface area contributed by atoms with Crippen LogP contribution in [0.15, 0.2) is 27.8 Å². The molecule has 1 aliphatic heterocycles. The first-order valence-electron chi connectivity index (χ1n) is 9.11. The highest BCUT2D eigenvalue weighted by Gasteiger charge is 2.22. The van der Waals surface area contributed by atoms with Crippen LogP contribution < -0.4 is 9.47 Å². The van der Waals surface area contributed by atoms with Gasteiger partial charge in [0.1, 0.15) is 11.5 Å². The zero-order chi connectivity index (χ0) is 19.2. The molecule has 7 nitrogen and oxygen atoms in total. The van der Waals surface area contributed by atoms with Crippen LogP contribution in [0.1, 0.15) is 13.8 Å². The van der Waals surface area contributed by atoms with Gasteiger partial charge in [0, 0.05) is 31.5 Å². The Morgan fingerprint density at radius 3 is 2.85 bits per heavy atom. The Hall–Kier alpha value is -1.77. The summed E-state index contributed by atoms with van der Waals surface area (Å²) in [6.07, 6.45) is 0.174. The lowest BCUT2D eigenvalue weighted by Gasteiger charge is -2.33. The van der Waals surface area contributed by atoms with Gasteiger partial charge in [0.2, 0.25) is 0 Å². The Morgan fingerprint density at radius 2 is 2.11 bits per heavy atom. The molecule has 27 heavy (non-hydrogen) atoms. The summed E-state index contributed by atoms with van der Waals surface area (Å²) in [5.41, 5.74) is 0.745. The van der Waals surface area contributed by atoms with E-state index in [1.807, 2.05) is 12.1 Å². The van der Waals surface area contributed by atoms with Gasteiger partial charge >= 0.3 is 0 Å². The third-order valence-corrected chi connectivity index (χ3v) is 5.23. The van der Waals surface area contributed by atoms with Gasteiger partial charge in [-0.2, -0.15) is 0 Å². The number of rotatable bonds is 8. The summed E-state index contributed by atoms with van der Waals surface area (Å²) in [5.74, 6) is 3.23. The number of hydrogen-bond donors (Lipinski definition) is 0. The van der Waals surface area contributed by atoms with E-state index >= 15 is 0 Å². The highest BCUT2D eigenvalue weighted by molar-refractivity contribution is 7.99. The molecule has 0 amide bonds. The molecule has 0 saturated carbocycles. The number of methoxy groups -OCH3 is 2. The van der Waals surface area contributed by atoms with Gasteiger partial charge in [0.05, 0.1) is 32.5 Å². The summed E-state index contributed by atoms with van der Waals surface area (Å²) < 4.78 is 22.3. The SMILES string of the molecule is COc1ccc(-c2nnc(SC[C@@H]3CN(CC(C)C)CCO3)o2)c(OC)c1. The van der Waals surface area contributed by atoms with Gasteiger partial charge in [0.15, 0.2) is 0 Å². The quantitative estimate of drug-likeness (QED) is 0.633. The van der Waals surface area contributed by atoms with Gasteiger partial charge in [-0.3, -0.25) is 4.90 Å². The minimum absolute atomic E-state index is 0.174. The summed E-state index contributed by atoms with van der Waals surface area (Å²) in [4.78, 5) is 2.46. The predicted molar refractivity (Wildman–Crippen MR) is 105 cm³/mol. The van der Waals surface area contributed by atoms with Crippen LogP contribution in [0.2, 0.25) is 0 Å². The Bertz CT molecular complexity index is 737. The molecule has 0 bridgehead atoms. The number of hydrogen-bond acceptors (Lipinski definition) is 8. The monoisotopic (exact) mass is 393 g/mol. The van der Waals surface area contributed by atoms with Crippen molar-refractivity contribution >= 4 is 11.8 Å². The molecule has 0 aliphatic carbocycles. The molecule has 1 atom stereocenters. The topological polar surface area (TPSA) is 69.9 Å². The van der Waals surface area contributed by atoms with E-state index in [4.69, 9.17) is 18.6 Å². The molecule has 2 aromatic rings. The number of nitrogens with zero attached hydrogens (tertiary/aromatic N) is 3. The van der Waals surface area contributed by atoms with Crippen molar-refractivity contribution in [3.05, 3.63) is 18.2 Å². The lowest BCUT2D eigenvalue weighted by Crippen LogP contribution is -2.44. The average Bonchev–Trinajstić information content (AvgIpc) is 3.14. The maximum absolute atomic E-state index is 5.88. The van der Waals surface area contributed by atoms with Crippen LogP contribution in [0.4, 0.5) is 0 Å². The largest absolute Gasteiger partial charge is 0.497 e. The van der Waals surface area contributed by atoms with E-state index in [9.17, 15) is 0 Å². The first-order chi connectivity index (χ1) is 13.1. The number of aromatic nitrogens is 2. The van der Waals surface area contributed by atoms with Crippen LogP contribution in [0.5, 0.6) is 11.5 Å². The van der Waals surface area contributed by atoms with Gasteiger partial charge in [-0.15, -0.1) is 10.2 Å². The molecule has 1 aromatic carbocycles. The highest BCUT2D eigenvalue weighted by atomic mass is 32.2. The van der Waals surface area contributed by atoms with E-state index in [-0.39, 0.29) is 6.10 Å². The fraction of sp³-hybridized carbons (Fsp3) is 0.579. The van der Waals surface area contributed by atoms with Gasteiger partial charge in [-0.1, -0.05) is 25.6 Å². The van der Waals surface area contributed by atoms with Crippen molar-refractivity contribution < 1.29 is 18.6 Å². The predicted octanol–water partition coefficient (Wildman–Crippen LogP) is 3.20. The van der Waals surface area contributed by atoms with Crippen LogP contribution in [0, 0.1) is 5.92 Å². The second kappa shape index (κ2) is 9.43. The fourth-order valence-corrected chi connectivity index (χ4v) is 3.85. The molecule has 0 radical (unpaired) electrons. The van der Waals surface area contributed by atoms with E-state index in [1.54, 1.807) is 20.3 Å². The summed E-state index contributed by atoms with van der Waals surface area (Å²) in [6, 6.07) is 5.49. The number of morpholine rings is 1. The van der Waals surface area contributed by atoms with Crippen LogP contribution in [0.25, 0.3) is 11.5 Å². The molecule has 148 valence electrons. The Morgan fingerprint density at radius 1 is 1.26 bits per heavy atom. The normalized spacial score (nSPS) is 18.0. The van der Waals surface area contributed by atoms with Gasteiger partial charge < -0.3 is 18.6 Å². The second-order valence-electron chi connectivity index (χ2n) is 6.90. The maximum atomic E-state index is 5.88. The minimum atomic E-state index is 0.174. The standard InChI is InChI=1S/C19H27N3O4S/c1-13(2)10-22-7-8-25-15(11-22)12-27-19-21-20-18(26-19)16-6-5-14(23-3)9-17(16)24-4/h5-6,9,13,15H,7-8,10-12H2,1-4H3/t15-/m0/s1. The van der Waals surface area contributed by atoms with Crippen molar-refractivity contribution in [1.29, 1.82) is 0 Å². The Labute approximate surface area is 164 Å². The summed E-state index contributed by atoms with van der Waals surface area (Å²) in [6.45, 7) is 8.31. The lowest BCUT2D eigenvalue weighted by molar-refractivity contribution is -0.0192. The molecular weight excluding hydrogens is 366 g/mol.